The highest BCUT2D eigenvalue weighted by Gasteiger charge is 2.07. The summed E-state index contributed by atoms with van der Waals surface area (Å²) in [5.74, 6) is 0.851. The monoisotopic (exact) mass is 408 g/mol. The molecule has 0 unspecified atom stereocenters. The van der Waals surface area contributed by atoms with Crippen molar-refractivity contribution in [3.05, 3.63) is 107 Å². The largest absolute Gasteiger partial charge is 0.492 e. The van der Waals surface area contributed by atoms with Crippen LogP contribution >= 0.6 is 0 Å². The predicted octanol–water partition coefficient (Wildman–Crippen LogP) is 4.31. The molecule has 5 aromatic rings. The molecule has 0 aliphatic carbocycles. The third kappa shape index (κ3) is 3.83. The summed E-state index contributed by atoms with van der Waals surface area (Å²) in [6, 6.07) is 25.2. The van der Waals surface area contributed by atoms with Crippen LogP contribution in [0.3, 0.4) is 0 Å². The summed E-state index contributed by atoms with van der Waals surface area (Å²) >= 11 is 0. The maximum absolute atomic E-state index is 12.7. The van der Waals surface area contributed by atoms with Gasteiger partial charge in [-0.1, -0.05) is 48.5 Å². The van der Waals surface area contributed by atoms with Gasteiger partial charge in [-0.25, -0.2) is 4.98 Å². The Balaban J connectivity index is 1.43. The lowest BCUT2D eigenvalue weighted by Gasteiger charge is -2.08. The molecule has 0 fully saturated rings. The molecule has 6 heteroatoms. The van der Waals surface area contributed by atoms with Crippen LogP contribution in [0.5, 0.6) is 5.75 Å². The normalized spacial score (nSPS) is 11.5. The number of benzene rings is 3. The zero-order chi connectivity index (χ0) is 21.0. The van der Waals surface area contributed by atoms with Gasteiger partial charge < -0.3 is 9.30 Å². The number of nitrogens with zero attached hydrogens (tertiary/aromatic N) is 4. The van der Waals surface area contributed by atoms with Gasteiger partial charge in [-0.15, -0.1) is 0 Å². The molecule has 2 aromatic heterocycles. The zero-order valence-electron chi connectivity index (χ0n) is 16.8. The zero-order valence-corrected chi connectivity index (χ0v) is 16.8. The van der Waals surface area contributed by atoms with E-state index < -0.39 is 0 Å². The molecule has 31 heavy (non-hydrogen) atoms. The first kappa shape index (κ1) is 18.8. The average Bonchev–Trinajstić information content (AvgIpc) is 3.17. The van der Waals surface area contributed by atoms with Crippen LogP contribution in [0.1, 0.15) is 5.56 Å². The summed E-state index contributed by atoms with van der Waals surface area (Å²) in [7, 11) is 0. The Labute approximate surface area is 178 Å². The molecule has 0 amide bonds. The van der Waals surface area contributed by atoms with Crippen molar-refractivity contribution in [3.8, 4) is 5.75 Å². The van der Waals surface area contributed by atoms with Crippen LogP contribution in [-0.4, -0.2) is 27.0 Å². The Morgan fingerprint density at radius 2 is 1.65 bits per heavy atom. The first-order chi connectivity index (χ1) is 15.3. The van der Waals surface area contributed by atoms with E-state index in [1.54, 1.807) is 12.3 Å². The highest BCUT2D eigenvalue weighted by Crippen LogP contribution is 2.20. The van der Waals surface area contributed by atoms with E-state index in [2.05, 4.69) is 20.7 Å². The molecular weight excluding hydrogens is 388 g/mol. The lowest BCUT2D eigenvalue weighted by atomic mass is 10.2. The van der Waals surface area contributed by atoms with Crippen LogP contribution in [0.15, 0.2) is 101 Å². The van der Waals surface area contributed by atoms with Gasteiger partial charge in [0.1, 0.15) is 18.7 Å². The molecule has 5 rings (SSSR count). The average molecular weight is 408 g/mol. The fourth-order valence-corrected chi connectivity index (χ4v) is 3.61. The molecule has 152 valence electrons. The van der Waals surface area contributed by atoms with Crippen molar-refractivity contribution >= 4 is 28.0 Å². The van der Waals surface area contributed by atoms with Crippen molar-refractivity contribution < 1.29 is 4.74 Å². The number of hydrogen-bond acceptors (Lipinski definition) is 4. The van der Waals surface area contributed by atoms with Gasteiger partial charge >= 0.3 is 0 Å². The van der Waals surface area contributed by atoms with Gasteiger partial charge in [0.05, 0.1) is 23.7 Å². The summed E-state index contributed by atoms with van der Waals surface area (Å²) in [5.41, 5.74) is 2.48. The molecule has 0 spiro atoms. The number of hydrogen-bond donors (Lipinski definition) is 0. The first-order valence-corrected chi connectivity index (χ1v) is 10.1. The van der Waals surface area contributed by atoms with E-state index in [1.165, 1.54) is 11.0 Å². The minimum absolute atomic E-state index is 0.193. The van der Waals surface area contributed by atoms with E-state index in [0.29, 0.717) is 24.1 Å². The Bertz CT molecular complexity index is 1430. The van der Waals surface area contributed by atoms with Gasteiger partial charge in [0.2, 0.25) is 0 Å². The van der Waals surface area contributed by atoms with Crippen molar-refractivity contribution in [2.24, 2.45) is 5.10 Å². The maximum Gasteiger partial charge on any atom is 0.281 e. The SMILES string of the molecule is O=c1c2ccccc2ncn1/N=C\c1cn(CCOc2ccccc2)c2ccccc12. The first-order valence-electron chi connectivity index (χ1n) is 10.1. The third-order valence-electron chi connectivity index (χ3n) is 5.13. The minimum atomic E-state index is -0.193. The van der Waals surface area contributed by atoms with E-state index in [1.807, 2.05) is 72.9 Å². The van der Waals surface area contributed by atoms with Gasteiger partial charge in [-0.2, -0.15) is 9.78 Å². The number of aromatic nitrogens is 3. The van der Waals surface area contributed by atoms with E-state index in [4.69, 9.17) is 4.74 Å². The Hall–Kier alpha value is -4.19. The van der Waals surface area contributed by atoms with E-state index in [0.717, 1.165) is 22.2 Å². The smallest absolute Gasteiger partial charge is 0.281 e. The molecule has 0 N–H and O–H groups in total. The van der Waals surface area contributed by atoms with E-state index in [-0.39, 0.29) is 5.56 Å². The molecule has 0 radical (unpaired) electrons. The molecule has 2 heterocycles. The Morgan fingerprint density at radius 3 is 2.52 bits per heavy atom. The topological polar surface area (TPSA) is 61.4 Å². The van der Waals surface area contributed by atoms with Crippen LogP contribution in [0, 0.1) is 0 Å². The Kier molecular flexibility index (Phi) is 5.02. The van der Waals surface area contributed by atoms with Crippen LogP contribution in [0.25, 0.3) is 21.8 Å². The lowest BCUT2D eigenvalue weighted by Crippen LogP contribution is -2.16. The van der Waals surface area contributed by atoms with Gasteiger partial charge in [0.15, 0.2) is 0 Å². The Morgan fingerprint density at radius 1 is 0.903 bits per heavy atom. The second-order valence-electron chi connectivity index (χ2n) is 7.11. The van der Waals surface area contributed by atoms with Crippen molar-refractivity contribution in [1.82, 2.24) is 14.2 Å². The van der Waals surface area contributed by atoms with Gasteiger partial charge in [0.25, 0.3) is 5.56 Å². The summed E-state index contributed by atoms with van der Waals surface area (Å²) in [5, 5.41) is 6.00. The fourth-order valence-electron chi connectivity index (χ4n) is 3.61. The second kappa shape index (κ2) is 8.28. The number of ether oxygens (including phenoxy) is 1. The van der Waals surface area contributed by atoms with Crippen molar-refractivity contribution in [2.45, 2.75) is 6.54 Å². The molecule has 0 atom stereocenters. The van der Waals surface area contributed by atoms with Gasteiger partial charge in [0, 0.05) is 22.7 Å². The predicted molar refractivity (Wildman–Crippen MR) is 123 cm³/mol. The number of rotatable bonds is 6. The van der Waals surface area contributed by atoms with E-state index >= 15 is 0 Å². The third-order valence-corrected chi connectivity index (χ3v) is 5.13. The van der Waals surface area contributed by atoms with Crippen LogP contribution in [0.2, 0.25) is 0 Å². The molecule has 0 aliphatic heterocycles. The molecule has 0 bridgehead atoms. The van der Waals surface area contributed by atoms with Crippen LogP contribution in [-0.2, 0) is 6.54 Å². The summed E-state index contributed by atoms with van der Waals surface area (Å²) in [6.45, 7) is 1.24. The standard InChI is InChI=1S/C25H20N4O2/c30-25-22-11-4-6-12-23(22)26-18-29(25)27-16-19-17-28(24-13-7-5-10-21(19)24)14-15-31-20-8-2-1-3-9-20/h1-13,16-18H,14-15H2/b27-16-. The summed E-state index contributed by atoms with van der Waals surface area (Å²) < 4.78 is 9.26. The fraction of sp³-hybridized carbons (Fsp3) is 0.0800. The van der Waals surface area contributed by atoms with E-state index in [9.17, 15) is 4.79 Å². The highest BCUT2D eigenvalue weighted by atomic mass is 16.5. The van der Waals surface area contributed by atoms with Crippen LogP contribution < -0.4 is 10.3 Å². The molecule has 6 nitrogen and oxygen atoms in total. The molecule has 3 aromatic carbocycles. The maximum atomic E-state index is 12.7. The highest BCUT2D eigenvalue weighted by molar-refractivity contribution is 5.99. The molecular formula is C25H20N4O2. The van der Waals surface area contributed by atoms with Crippen LogP contribution in [0.4, 0.5) is 0 Å². The molecule has 0 saturated carbocycles. The van der Waals surface area contributed by atoms with Crippen molar-refractivity contribution in [3.63, 3.8) is 0 Å². The summed E-state index contributed by atoms with van der Waals surface area (Å²) in [4.78, 5) is 17.0. The quantitative estimate of drug-likeness (QED) is 0.393. The van der Waals surface area contributed by atoms with Crippen molar-refractivity contribution in [1.29, 1.82) is 0 Å². The lowest BCUT2D eigenvalue weighted by molar-refractivity contribution is 0.300. The summed E-state index contributed by atoms with van der Waals surface area (Å²) in [6.07, 6.45) is 5.19. The van der Waals surface area contributed by atoms with Gasteiger partial charge in [-0.05, 0) is 30.3 Å². The molecule has 0 aliphatic rings. The second-order valence-corrected chi connectivity index (χ2v) is 7.11. The molecule has 0 saturated heterocycles. The minimum Gasteiger partial charge on any atom is -0.492 e. The van der Waals surface area contributed by atoms with Crippen molar-refractivity contribution in [2.75, 3.05) is 6.61 Å². The number of fused-ring (bicyclic) bond motifs is 2. The van der Waals surface area contributed by atoms with Gasteiger partial charge in [-0.3, -0.25) is 4.79 Å². The number of para-hydroxylation sites is 3.